The van der Waals surface area contributed by atoms with E-state index in [1.165, 1.54) is 11.1 Å². The minimum absolute atomic E-state index is 0.102. The maximum absolute atomic E-state index is 9.60. The summed E-state index contributed by atoms with van der Waals surface area (Å²) in [6.07, 6.45) is 1.29. The summed E-state index contributed by atoms with van der Waals surface area (Å²) in [7, 11) is 0. The minimum Gasteiger partial charge on any atom is -0.494 e. The minimum atomic E-state index is 0.102. The van der Waals surface area contributed by atoms with Crippen molar-refractivity contribution in [3.63, 3.8) is 0 Å². The number of ether oxygens (including phenoxy) is 1. The fourth-order valence-corrected chi connectivity index (χ4v) is 4.00. The molecule has 0 radical (unpaired) electrons. The van der Waals surface area contributed by atoms with Crippen molar-refractivity contribution in [3.05, 3.63) is 65.2 Å². The van der Waals surface area contributed by atoms with E-state index in [0.29, 0.717) is 19.1 Å². The molecule has 1 heterocycles. The van der Waals surface area contributed by atoms with Crippen LogP contribution in [0, 0.1) is 11.8 Å². The Morgan fingerprint density at radius 2 is 1.65 bits per heavy atom. The Morgan fingerprint density at radius 1 is 0.935 bits per heavy atom. The molecule has 0 unspecified atom stereocenters. The number of piperazine rings is 1. The average Bonchev–Trinajstić information content (AvgIpc) is 2.78. The Morgan fingerprint density at radius 3 is 2.32 bits per heavy atom. The number of aliphatic hydroxyl groups excluding tert-OH is 2. The molecular weight excluding hydrogens is 388 g/mol. The third-order valence-electron chi connectivity index (χ3n) is 5.60. The van der Waals surface area contributed by atoms with Gasteiger partial charge in [-0.05, 0) is 48.7 Å². The molecule has 0 spiro atoms. The third kappa shape index (κ3) is 7.37. The first kappa shape index (κ1) is 23.3. The molecule has 0 saturated carbocycles. The summed E-state index contributed by atoms with van der Waals surface area (Å²) in [6.45, 7) is 7.74. The van der Waals surface area contributed by atoms with Gasteiger partial charge in [0.2, 0.25) is 0 Å². The second kappa shape index (κ2) is 12.5. The Bertz CT molecular complexity index is 840. The molecule has 1 aliphatic rings. The van der Waals surface area contributed by atoms with Crippen LogP contribution in [0.15, 0.2) is 48.5 Å². The molecule has 2 aromatic rings. The molecule has 2 aromatic carbocycles. The summed E-state index contributed by atoms with van der Waals surface area (Å²) in [5, 5.41) is 18.4. The van der Waals surface area contributed by atoms with Gasteiger partial charge in [0.05, 0.1) is 13.2 Å². The van der Waals surface area contributed by atoms with E-state index in [0.717, 1.165) is 50.5 Å². The van der Waals surface area contributed by atoms with Gasteiger partial charge in [-0.2, -0.15) is 0 Å². The zero-order valence-corrected chi connectivity index (χ0v) is 18.5. The van der Waals surface area contributed by atoms with Gasteiger partial charge in [0, 0.05) is 57.4 Å². The molecular formula is C26H34N2O3. The summed E-state index contributed by atoms with van der Waals surface area (Å²) in [5.41, 5.74) is 3.53. The van der Waals surface area contributed by atoms with Crippen molar-refractivity contribution in [1.29, 1.82) is 0 Å². The molecule has 1 saturated heterocycles. The monoisotopic (exact) mass is 422 g/mol. The van der Waals surface area contributed by atoms with Crippen LogP contribution >= 0.6 is 0 Å². The highest BCUT2D eigenvalue weighted by molar-refractivity contribution is 5.36. The maximum atomic E-state index is 9.60. The quantitative estimate of drug-likeness (QED) is 0.609. The fourth-order valence-electron chi connectivity index (χ4n) is 4.00. The highest BCUT2D eigenvalue weighted by Crippen LogP contribution is 2.20. The first-order valence-corrected chi connectivity index (χ1v) is 11.2. The van der Waals surface area contributed by atoms with Gasteiger partial charge in [-0.25, -0.2) is 0 Å². The maximum Gasteiger partial charge on any atom is 0.119 e. The molecule has 0 aliphatic carbocycles. The van der Waals surface area contributed by atoms with Crippen LogP contribution in [0.4, 0.5) is 0 Å². The summed E-state index contributed by atoms with van der Waals surface area (Å²) < 4.78 is 5.54. The van der Waals surface area contributed by atoms with Gasteiger partial charge < -0.3 is 14.9 Å². The topological polar surface area (TPSA) is 56.2 Å². The van der Waals surface area contributed by atoms with Crippen molar-refractivity contribution < 1.29 is 14.9 Å². The predicted octanol–water partition coefficient (Wildman–Crippen LogP) is 2.89. The SMILES string of the molecule is CCOc1ccc(CN2CCN(Cc3ccc(C#CCCO)cc3)C[C@@H]2CCO)cc1. The number of rotatable bonds is 9. The first-order chi connectivity index (χ1) is 15.2. The molecule has 0 amide bonds. The van der Waals surface area contributed by atoms with Crippen LogP contribution in [-0.2, 0) is 13.1 Å². The predicted molar refractivity (Wildman–Crippen MR) is 124 cm³/mol. The lowest BCUT2D eigenvalue weighted by Gasteiger charge is -2.41. The van der Waals surface area contributed by atoms with E-state index in [1.807, 2.05) is 31.2 Å². The molecule has 1 fully saturated rings. The van der Waals surface area contributed by atoms with Crippen molar-refractivity contribution in [3.8, 4) is 17.6 Å². The Labute approximate surface area is 186 Å². The summed E-state index contributed by atoms with van der Waals surface area (Å²) in [4.78, 5) is 4.96. The number of nitrogens with zero attached hydrogens (tertiary/aromatic N) is 2. The van der Waals surface area contributed by atoms with Gasteiger partial charge in [0.1, 0.15) is 5.75 Å². The average molecular weight is 423 g/mol. The first-order valence-electron chi connectivity index (χ1n) is 11.2. The molecule has 1 aliphatic heterocycles. The smallest absolute Gasteiger partial charge is 0.119 e. The lowest BCUT2D eigenvalue weighted by Crippen LogP contribution is -2.52. The molecule has 0 bridgehead atoms. The van der Waals surface area contributed by atoms with Crippen molar-refractivity contribution in [2.75, 3.05) is 39.5 Å². The molecule has 2 N–H and O–H groups in total. The molecule has 5 heteroatoms. The second-order valence-corrected chi connectivity index (χ2v) is 7.92. The van der Waals surface area contributed by atoms with Crippen LogP contribution in [0.2, 0.25) is 0 Å². The van der Waals surface area contributed by atoms with Crippen LogP contribution in [0.3, 0.4) is 0 Å². The number of hydrogen-bond acceptors (Lipinski definition) is 5. The lowest BCUT2D eigenvalue weighted by atomic mass is 10.1. The van der Waals surface area contributed by atoms with Gasteiger partial charge in [-0.15, -0.1) is 0 Å². The van der Waals surface area contributed by atoms with Gasteiger partial charge in [-0.3, -0.25) is 9.80 Å². The molecule has 5 nitrogen and oxygen atoms in total. The lowest BCUT2D eigenvalue weighted by molar-refractivity contribution is 0.0500. The fraction of sp³-hybridized carbons (Fsp3) is 0.462. The van der Waals surface area contributed by atoms with Crippen molar-refractivity contribution in [2.24, 2.45) is 0 Å². The molecule has 1 atom stereocenters. The van der Waals surface area contributed by atoms with Crippen LogP contribution in [0.5, 0.6) is 5.75 Å². The number of hydrogen-bond donors (Lipinski definition) is 2. The molecule has 3 rings (SSSR count). The zero-order valence-electron chi connectivity index (χ0n) is 18.5. The van der Waals surface area contributed by atoms with Crippen LogP contribution in [0.1, 0.15) is 36.5 Å². The molecule has 31 heavy (non-hydrogen) atoms. The zero-order chi connectivity index (χ0) is 21.9. The third-order valence-corrected chi connectivity index (χ3v) is 5.60. The van der Waals surface area contributed by atoms with E-state index in [2.05, 4.69) is 45.9 Å². The summed E-state index contributed by atoms with van der Waals surface area (Å²) >= 11 is 0. The largest absolute Gasteiger partial charge is 0.494 e. The van der Waals surface area contributed by atoms with Gasteiger partial charge in [0.25, 0.3) is 0 Å². The second-order valence-electron chi connectivity index (χ2n) is 7.92. The Balaban J connectivity index is 1.56. The number of benzene rings is 2. The van der Waals surface area contributed by atoms with Crippen LogP contribution in [0.25, 0.3) is 0 Å². The van der Waals surface area contributed by atoms with Gasteiger partial charge >= 0.3 is 0 Å². The van der Waals surface area contributed by atoms with E-state index < -0.39 is 0 Å². The van der Waals surface area contributed by atoms with E-state index in [9.17, 15) is 5.11 Å². The van der Waals surface area contributed by atoms with Crippen LogP contribution < -0.4 is 4.74 Å². The van der Waals surface area contributed by atoms with E-state index in [4.69, 9.17) is 9.84 Å². The van der Waals surface area contributed by atoms with Gasteiger partial charge in [0.15, 0.2) is 0 Å². The Kier molecular flexibility index (Phi) is 9.39. The number of aliphatic hydroxyl groups is 2. The normalized spacial score (nSPS) is 17.2. The van der Waals surface area contributed by atoms with E-state index in [1.54, 1.807) is 0 Å². The van der Waals surface area contributed by atoms with Gasteiger partial charge in [-0.1, -0.05) is 36.1 Å². The summed E-state index contributed by atoms with van der Waals surface area (Å²) in [6, 6.07) is 17.1. The standard InChI is InChI=1S/C26H34N2O3/c1-2-31-26-12-10-24(11-13-26)20-28-16-15-27(21-25(28)14-18-30)19-23-8-6-22(7-9-23)5-3-4-17-29/h6-13,25,29-30H,2,4,14-21H2,1H3/t25-/m0/s1. The van der Waals surface area contributed by atoms with E-state index >= 15 is 0 Å². The molecule has 166 valence electrons. The summed E-state index contributed by atoms with van der Waals surface area (Å²) in [5.74, 6) is 6.94. The highest BCUT2D eigenvalue weighted by atomic mass is 16.5. The Hall–Kier alpha value is -2.36. The van der Waals surface area contributed by atoms with E-state index in [-0.39, 0.29) is 13.2 Å². The highest BCUT2D eigenvalue weighted by Gasteiger charge is 2.26. The van der Waals surface area contributed by atoms with Crippen LogP contribution in [-0.4, -0.2) is 65.5 Å². The van der Waals surface area contributed by atoms with Crippen molar-refractivity contribution in [1.82, 2.24) is 9.80 Å². The van der Waals surface area contributed by atoms with Crippen molar-refractivity contribution >= 4 is 0 Å². The van der Waals surface area contributed by atoms with Crippen molar-refractivity contribution in [2.45, 2.75) is 38.9 Å². The molecule has 0 aromatic heterocycles.